The molecule has 2 aromatic heterocycles. The highest BCUT2D eigenvalue weighted by Gasteiger charge is 2.32. The number of benzene rings is 1. The van der Waals surface area contributed by atoms with Crippen LogP contribution in [0.2, 0.25) is 0 Å². The monoisotopic (exact) mass is 457 g/mol. The second-order valence-electron chi connectivity index (χ2n) is 7.21. The Morgan fingerprint density at radius 2 is 1.90 bits per heavy atom. The summed E-state index contributed by atoms with van der Waals surface area (Å²) >= 11 is 1.13. The van der Waals surface area contributed by atoms with Crippen LogP contribution in [0.3, 0.4) is 0 Å². The number of hydrogen-bond donors (Lipinski definition) is 2. The Morgan fingerprint density at radius 1 is 1.10 bits per heavy atom. The summed E-state index contributed by atoms with van der Waals surface area (Å²) in [7, 11) is -3.77. The lowest BCUT2D eigenvalue weighted by molar-refractivity contribution is 0.0956. The van der Waals surface area contributed by atoms with Crippen LogP contribution in [-0.4, -0.2) is 48.5 Å². The van der Waals surface area contributed by atoms with Crippen LogP contribution < -0.4 is 10.6 Å². The number of amides is 1. The quantitative estimate of drug-likeness (QED) is 0.528. The van der Waals surface area contributed by atoms with Gasteiger partial charge in [0.05, 0.1) is 5.69 Å². The minimum absolute atomic E-state index is 0.0618. The first kappa shape index (κ1) is 21.4. The lowest BCUT2D eigenvalue weighted by Gasteiger charge is -2.28. The summed E-state index contributed by atoms with van der Waals surface area (Å²) in [6, 6.07) is 13.0. The molecule has 10 heteroatoms. The Kier molecular flexibility index (Phi) is 6.30. The minimum Gasteiger partial charge on any atom is -0.367 e. The SMILES string of the molecule is Cc1ccc(NCCNC(=O)c2sccc2S(=O)(=O)N2CCc3ccccc3C2)nn1. The second kappa shape index (κ2) is 9.13. The average Bonchev–Trinajstić information content (AvgIpc) is 3.28. The summed E-state index contributed by atoms with van der Waals surface area (Å²) in [6.07, 6.45) is 0.661. The van der Waals surface area contributed by atoms with Gasteiger partial charge in [0.15, 0.2) is 0 Å². The summed E-state index contributed by atoms with van der Waals surface area (Å²) in [5.41, 5.74) is 2.99. The Bertz CT molecular complexity index is 1180. The number of sulfonamides is 1. The van der Waals surface area contributed by atoms with Gasteiger partial charge in [-0.05, 0) is 48.1 Å². The van der Waals surface area contributed by atoms with Crippen molar-refractivity contribution < 1.29 is 13.2 Å². The average molecular weight is 458 g/mol. The Hall–Kier alpha value is -2.82. The molecule has 1 aliphatic rings. The van der Waals surface area contributed by atoms with E-state index in [9.17, 15) is 13.2 Å². The summed E-state index contributed by atoms with van der Waals surface area (Å²) in [5.74, 6) is 0.215. The van der Waals surface area contributed by atoms with Crippen molar-refractivity contribution in [3.8, 4) is 0 Å². The van der Waals surface area contributed by atoms with Crippen molar-refractivity contribution in [3.63, 3.8) is 0 Å². The molecule has 4 rings (SSSR count). The molecule has 0 radical (unpaired) electrons. The molecule has 0 spiro atoms. The maximum atomic E-state index is 13.3. The summed E-state index contributed by atoms with van der Waals surface area (Å²) in [4.78, 5) is 12.9. The van der Waals surface area contributed by atoms with E-state index >= 15 is 0 Å². The highest BCUT2D eigenvalue weighted by Crippen LogP contribution is 2.29. The lowest BCUT2D eigenvalue weighted by Crippen LogP contribution is -2.37. The van der Waals surface area contributed by atoms with Gasteiger partial charge in [0, 0.05) is 26.2 Å². The van der Waals surface area contributed by atoms with Gasteiger partial charge in [0.1, 0.15) is 15.6 Å². The molecule has 8 nitrogen and oxygen atoms in total. The van der Waals surface area contributed by atoms with Crippen molar-refractivity contribution in [3.05, 3.63) is 69.5 Å². The normalized spacial score (nSPS) is 14.1. The van der Waals surface area contributed by atoms with Gasteiger partial charge in [-0.2, -0.15) is 9.40 Å². The molecular weight excluding hydrogens is 434 g/mol. The van der Waals surface area contributed by atoms with Crippen molar-refractivity contribution in [1.29, 1.82) is 0 Å². The summed E-state index contributed by atoms with van der Waals surface area (Å²) in [5, 5.41) is 15.4. The third-order valence-corrected chi connectivity index (χ3v) is 7.99. The third-order valence-electron chi connectivity index (χ3n) is 5.06. The molecule has 1 amide bonds. The first-order chi connectivity index (χ1) is 14.9. The van der Waals surface area contributed by atoms with E-state index in [2.05, 4.69) is 20.8 Å². The number of carbonyl (C=O) groups excluding carboxylic acids is 1. The number of aryl methyl sites for hydroxylation is 1. The fourth-order valence-electron chi connectivity index (χ4n) is 3.42. The van der Waals surface area contributed by atoms with Crippen LogP contribution in [-0.2, 0) is 23.0 Å². The van der Waals surface area contributed by atoms with E-state index in [-0.39, 0.29) is 9.77 Å². The van der Waals surface area contributed by atoms with Crippen LogP contribution in [0.25, 0.3) is 0 Å². The lowest BCUT2D eigenvalue weighted by atomic mass is 10.0. The van der Waals surface area contributed by atoms with Crippen molar-refractivity contribution in [2.45, 2.75) is 24.8 Å². The molecule has 0 unspecified atom stereocenters. The van der Waals surface area contributed by atoms with Crippen LogP contribution in [0.5, 0.6) is 0 Å². The number of nitrogens with zero attached hydrogens (tertiary/aromatic N) is 3. The largest absolute Gasteiger partial charge is 0.367 e. The van der Waals surface area contributed by atoms with E-state index in [0.29, 0.717) is 38.4 Å². The molecule has 31 heavy (non-hydrogen) atoms. The topological polar surface area (TPSA) is 104 Å². The number of aromatic nitrogens is 2. The van der Waals surface area contributed by atoms with E-state index in [0.717, 1.165) is 22.6 Å². The Balaban J connectivity index is 1.39. The van der Waals surface area contributed by atoms with E-state index in [4.69, 9.17) is 0 Å². The highest BCUT2D eigenvalue weighted by atomic mass is 32.2. The van der Waals surface area contributed by atoms with Crippen LogP contribution in [0, 0.1) is 6.92 Å². The van der Waals surface area contributed by atoms with Gasteiger partial charge in [-0.3, -0.25) is 4.79 Å². The summed E-state index contributed by atoms with van der Waals surface area (Å²) < 4.78 is 28.0. The third kappa shape index (κ3) is 4.76. The van der Waals surface area contributed by atoms with Gasteiger partial charge in [0.25, 0.3) is 5.91 Å². The van der Waals surface area contributed by atoms with Gasteiger partial charge in [-0.25, -0.2) is 8.42 Å². The van der Waals surface area contributed by atoms with E-state index in [1.54, 1.807) is 5.38 Å². The maximum absolute atomic E-state index is 13.3. The highest BCUT2D eigenvalue weighted by molar-refractivity contribution is 7.89. The first-order valence-electron chi connectivity index (χ1n) is 9.92. The van der Waals surface area contributed by atoms with Crippen molar-refractivity contribution >= 4 is 33.1 Å². The fraction of sp³-hybridized carbons (Fsp3) is 0.286. The first-order valence-corrected chi connectivity index (χ1v) is 12.2. The molecule has 1 aliphatic heterocycles. The molecule has 162 valence electrons. The molecule has 3 heterocycles. The van der Waals surface area contributed by atoms with Gasteiger partial charge < -0.3 is 10.6 Å². The number of anilines is 1. The molecule has 2 N–H and O–H groups in total. The number of rotatable bonds is 7. The number of fused-ring (bicyclic) bond motifs is 1. The number of hydrogen-bond acceptors (Lipinski definition) is 7. The van der Waals surface area contributed by atoms with Gasteiger partial charge in [-0.1, -0.05) is 24.3 Å². The molecule has 0 aliphatic carbocycles. The van der Waals surface area contributed by atoms with Crippen molar-refractivity contribution in [2.75, 3.05) is 25.0 Å². The molecule has 0 saturated heterocycles. The second-order valence-corrected chi connectivity index (χ2v) is 10.0. The molecular formula is C21H23N5O3S2. The van der Waals surface area contributed by atoms with Gasteiger partial charge >= 0.3 is 0 Å². The summed E-state index contributed by atoms with van der Waals surface area (Å²) in [6.45, 7) is 3.34. The fourth-order valence-corrected chi connectivity index (χ4v) is 6.16. The van der Waals surface area contributed by atoms with Gasteiger partial charge in [-0.15, -0.1) is 16.4 Å². The predicted molar refractivity (Wildman–Crippen MR) is 120 cm³/mol. The van der Waals surface area contributed by atoms with Crippen LogP contribution >= 0.6 is 11.3 Å². The van der Waals surface area contributed by atoms with Crippen molar-refractivity contribution in [1.82, 2.24) is 19.8 Å². The maximum Gasteiger partial charge on any atom is 0.262 e. The molecule has 0 fully saturated rings. The number of nitrogens with one attached hydrogen (secondary N) is 2. The zero-order valence-electron chi connectivity index (χ0n) is 17.0. The van der Waals surface area contributed by atoms with Gasteiger partial charge in [0.2, 0.25) is 10.0 Å². The molecule has 3 aromatic rings. The molecule has 1 aromatic carbocycles. The number of carbonyl (C=O) groups is 1. The van der Waals surface area contributed by atoms with E-state index in [1.807, 2.05) is 43.3 Å². The Morgan fingerprint density at radius 3 is 2.68 bits per heavy atom. The zero-order chi connectivity index (χ0) is 21.8. The van der Waals surface area contributed by atoms with Crippen LogP contribution in [0.4, 0.5) is 5.82 Å². The molecule has 0 atom stereocenters. The standard InChI is InChI=1S/C21H23N5O3S2/c1-15-6-7-19(25-24-15)22-10-11-23-21(27)20-18(9-13-30-20)31(28,29)26-12-8-16-4-2-3-5-17(16)14-26/h2-7,9,13H,8,10-12,14H2,1H3,(H,22,25)(H,23,27). The Labute approximate surface area is 185 Å². The van der Waals surface area contributed by atoms with Crippen LogP contribution in [0.1, 0.15) is 26.5 Å². The minimum atomic E-state index is -3.77. The van der Waals surface area contributed by atoms with Crippen LogP contribution in [0.15, 0.2) is 52.7 Å². The van der Waals surface area contributed by atoms with E-state index < -0.39 is 15.9 Å². The van der Waals surface area contributed by atoms with E-state index in [1.165, 1.54) is 15.9 Å². The number of thiophene rings is 1. The smallest absolute Gasteiger partial charge is 0.262 e. The zero-order valence-corrected chi connectivity index (χ0v) is 18.7. The molecule has 0 saturated carbocycles. The molecule has 0 bridgehead atoms. The predicted octanol–water partition coefficient (Wildman–Crippen LogP) is 2.44. The van der Waals surface area contributed by atoms with Crippen molar-refractivity contribution in [2.24, 2.45) is 0 Å².